The number of carbonyl (C=O) groups excluding carboxylic acids is 1. The summed E-state index contributed by atoms with van der Waals surface area (Å²) in [6.45, 7) is 5.14. The fourth-order valence-electron chi connectivity index (χ4n) is 0.773. The Hall–Kier alpha value is -1.24. The maximum Gasteiger partial charge on any atom is 0.436 e. The summed E-state index contributed by atoms with van der Waals surface area (Å²) in [6.07, 6.45) is -4.05. The molecule has 0 saturated heterocycles. The van der Waals surface area contributed by atoms with Crippen molar-refractivity contribution in [3.8, 4) is 0 Å². The van der Waals surface area contributed by atoms with Crippen LogP contribution in [0.4, 0.5) is 8.78 Å². The van der Waals surface area contributed by atoms with Crippen LogP contribution in [0.2, 0.25) is 0 Å². The van der Waals surface area contributed by atoms with Crippen LogP contribution in [0.5, 0.6) is 0 Å². The van der Waals surface area contributed by atoms with Crippen LogP contribution in [0.25, 0.3) is 0 Å². The maximum absolute atomic E-state index is 13.1. The quantitative estimate of drug-likeness (QED) is 0.766. The molecule has 7 heteroatoms. The number of carbonyl (C=O) groups is 2. The highest BCUT2D eigenvalue weighted by Crippen LogP contribution is 2.23. The van der Waals surface area contributed by atoms with Crippen molar-refractivity contribution in [3.63, 3.8) is 0 Å². The van der Waals surface area contributed by atoms with E-state index in [2.05, 4.69) is 4.74 Å². The molecule has 2 N–H and O–H groups in total. The molecule has 1 amide bonds. The van der Waals surface area contributed by atoms with Gasteiger partial charge in [-0.15, -0.1) is 0 Å². The second kappa shape index (κ2) is 4.73. The number of halogens is 2. The van der Waals surface area contributed by atoms with Crippen LogP contribution < -0.4 is 5.32 Å². The van der Waals surface area contributed by atoms with Gasteiger partial charge in [0, 0.05) is 0 Å². The first kappa shape index (κ1) is 14.8. The van der Waals surface area contributed by atoms with Gasteiger partial charge < -0.3 is 15.2 Å². The number of ether oxygens (including phenoxy) is 1. The van der Waals surface area contributed by atoms with Crippen LogP contribution in [0, 0.1) is 0 Å². The average Bonchev–Trinajstić information content (AvgIpc) is 1.98. The Labute approximate surface area is 91.8 Å². The lowest BCUT2D eigenvalue weighted by Crippen LogP contribution is -2.50. The zero-order valence-corrected chi connectivity index (χ0v) is 9.51. The van der Waals surface area contributed by atoms with E-state index >= 15 is 0 Å². The van der Waals surface area contributed by atoms with Crippen molar-refractivity contribution in [2.75, 3.05) is 0 Å². The molecule has 1 unspecified atom stereocenters. The van der Waals surface area contributed by atoms with E-state index < -0.39 is 29.6 Å². The first-order valence-corrected chi connectivity index (χ1v) is 4.57. The van der Waals surface area contributed by atoms with Crippen LogP contribution in [0.3, 0.4) is 0 Å². The molecule has 0 aromatic carbocycles. The Morgan fingerprint density at radius 1 is 1.31 bits per heavy atom. The van der Waals surface area contributed by atoms with E-state index in [1.807, 2.05) is 0 Å². The summed E-state index contributed by atoms with van der Waals surface area (Å²) in [5.41, 5.74) is -1.21. The largest absolute Gasteiger partial charge is 0.480 e. The zero-order chi connectivity index (χ0) is 13.1. The van der Waals surface area contributed by atoms with Crippen LogP contribution in [-0.2, 0) is 14.3 Å². The van der Waals surface area contributed by atoms with Crippen molar-refractivity contribution in [2.45, 2.75) is 45.4 Å². The highest BCUT2D eigenvalue weighted by atomic mass is 19.3. The number of hydrogen-bond donors (Lipinski definition) is 2. The fraction of sp³-hybridized carbons (Fsp3) is 0.778. The summed E-state index contributed by atoms with van der Waals surface area (Å²) in [4.78, 5) is 21.4. The summed E-state index contributed by atoms with van der Waals surface area (Å²) in [5, 5.41) is 10.1. The number of nitrogens with one attached hydrogen (secondary N) is 1. The Kier molecular flexibility index (Phi) is 4.36. The topological polar surface area (TPSA) is 75.6 Å². The minimum Gasteiger partial charge on any atom is -0.480 e. The van der Waals surface area contributed by atoms with Gasteiger partial charge in [0.25, 0.3) is 0 Å². The van der Waals surface area contributed by atoms with E-state index in [9.17, 15) is 18.4 Å². The van der Waals surface area contributed by atoms with E-state index in [0.717, 1.165) is 6.92 Å². The second-order valence-electron chi connectivity index (χ2n) is 4.26. The lowest BCUT2D eigenvalue weighted by atomic mass is 10.2. The maximum atomic E-state index is 13.1. The molecule has 0 aliphatic rings. The van der Waals surface area contributed by atoms with E-state index in [4.69, 9.17) is 5.11 Å². The molecule has 0 heterocycles. The molecule has 0 fully saturated rings. The standard InChI is InChI=1S/C9H15F2NO4/c1-5(6(13)14)12-7(15)9(10,11)16-8(2,3)4/h5H,1-4H3,(H,12,15)(H,13,14). The van der Waals surface area contributed by atoms with Crippen LogP contribution in [-0.4, -0.2) is 34.7 Å². The predicted octanol–water partition coefficient (Wildman–Crippen LogP) is 0.984. The predicted molar refractivity (Wildman–Crippen MR) is 51.0 cm³/mol. The Morgan fingerprint density at radius 3 is 2.06 bits per heavy atom. The highest BCUT2D eigenvalue weighted by molar-refractivity contribution is 5.86. The molecule has 0 aliphatic heterocycles. The molecule has 0 saturated carbocycles. The molecule has 0 bridgehead atoms. The molecule has 0 radical (unpaired) electrons. The Morgan fingerprint density at radius 2 is 1.75 bits per heavy atom. The van der Waals surface area contributed by atoms with Crippen LogP contribution in [0.1, 0.15) is 27.7 Å². The van der Waals surface area contributed by atoms with Crippen molar-refractivity contribution in [2.24, 2.45) is 0 Å². The lowest BCUT2D eigenvalue weighted by molar-refractivity contribution is -0.267. The van der Waals surface area contributed by atoms with E-state index in [-0.39, 0.29) is 0 Å². The van der Waals surface area contributed by atoms with Crippen molar-refractivity contribution < 1.29 is 28.2 Å². The summed E-state index contributed by atoms with van der Waals surface area (Å²) < 4.78 is 30.4. The van der Waals surface area contributed by atoms with Gasteiger partial charge in [0.1, 0.15) is 6.04 Å². The third kappa shape index (κ3) is 5.01. The number of hydrogen-bond acceptors (Lipinski definition) is 3. The average molecular weight is 239 g/mol. The molecule has 1 atom stereocenters. The van der Waals surface area contributed by atoms with E-state index in [1.165, 1.54) is 20.8 Å². The number of alkyl halides is 2. The normalized spacial score (nSPS) is 14.4. The van der Waals surface area contributed by atoms with Gasteiger partial charge in [0.05, 0.1) is 5.60 Å². The molecule has 0 aliphatic carbocycles. The summed E-state index contributed by atoms with van der Waals surface area (Å²) >= 11 is 0. The first-order valence-electron chi connectivity index (χ1n) is 4.57. The van der Waals surface area contributed by atoms with Gasteiger partial charge in [-0.05, 0) is 27.7 Å². The molecule has 0 spiro atoms. The molecule has 0 rings (SSSR count). The summed E-state index contributed by atoms with van der Waals surface area (Å²) in [6, 6.07) is -1.40. The van der Waals surface area contributed by atoms with Crippen molar-refractivity contribution in [1.82, 2.24) is 5.32 Å². The fourth-order valence-corrected chi connectivity index (χ4v) is 0.773. The molecule has 94 valence electrons. The van der Waals surface area contributed by atoms with Gasteiger partial charge in [-0.1, -0.05) is 0 Å². The lowest BCUT2D eigenvalue weighted by Gasteiger charge is -2.26. The van der Waals surface area contributed by atoms with E-state index in [1.54, 1.807) is 5.32 Å². The molecule has 0 aromatic heterocycles. The minimum atomic E-state index is -4.05. The SMILES string of the molecule is CC(NC(=O)C(F)(F)OC(C)(C)C)C(=O)O. The Bertz CT molecular complexity index is 286. The number of carboxylic acids is 1. The van der Waals surface area contributed by atoms with Crippen molar-refractivity contribution in [1.29, 1.82) is 0 Å². The van der Waals surface area contributed by atoms with Crippen molar-refractivity contribution in [3.05, 3.63) is 0 Å². The molecule has 5 nitrogen and oxygen atoms in total. The Balaban J connectivity index is 4.53. The van der Waals surface area contributed by atoms with Gasteiger partial charge in [-0.3, -0.25) is 9.59 Å². The molecule has 16 heavy (non-hydrogen) atoms. The summed E-state index contributed by atoms with van der Waals surface area (Å²) in [5.74, 6) is -3.17. The highest BCUT2D eigenvalue weighted by Gasteiger charge is 2.44. The number of carboxylic acid groups (broad SMARTS) is 1. The van der Waals surface area contributed by atoms with Gasteiger partial charge in [0.15, 0.2) is 0 Å². The van der Waals surface area contributed by atoms with Crippen molar-refractivity contribution >= 4 is 11.9 Å². The van der Waals surface area contributed by atoms with Crippen LogP contribution >= 0.6 is 0 Å². The smallest absolute Gasteiger partial charge is 0.436 e. The number of amides is 1. The van der Waals surface area contributed by atoms with Gasteiger partial charge >= 0.3 is 18.0 Å². The molecule has 0 aromatic rings. The van der Waals surface area contributed by atoms with E-state index in [0.29, 0.717) is 0 Å². The summed E-state index contributed by atoms with van der Waals surface area (Å²) in [7, 11) is 0. The minimum absolute atomic E-state index is 1.08. The first-order chi connectivity index (χ1) is 6.96. The van der Waals surface area contributed by atoms with Gasteiger partial charge in [-0.25, -0.2) is 0 Å². The van der Waals surface area contributed by atoms with Gasteiger partial charge in [0.2, 0.25) is 0 Å². The monoisotopic (exact) mass is 239 g/mol. The number of rotatable bonds is 4. The van der Waals surface area contributed by atoms with Gasteiger partial charge in [-0.2, -0.15) is 8.78 Å². The third-order valence-electron chi connectivity index (χ3n) is 1.42. The number of aliphatic carboxylic acids is 1. The second-order valence-corrected chi connectivity index (χ2v) is 4.26. The molecular weight excluding hydrogens is 224 g/mol. The molecular formula is C9H15F2NO4. The zero-order valence-electron chi connectivity index (χ0n) is 9.51. The third-order valence-corrected chi connectivity index (χ3v) is 1.42. The van der Waals surface area contributed by atoms with Crippen LogP contribution in [0.15, 0.2) is 0 Å².